The molecule has 4 heterocycles. The van der Waals surface area contributed by atoms with E-state index in [2.05, 4.69) is 19.9 Å². The van der Waals surface area contributed by atoms with Gasteiger partial charge >= 0.3 is 0 Å². The number of nitrogen functional groups attached to an aromatic ring is 1. The normalized spacial score (nSPS) is 16.8. The molecule has 1 saturated heterocycles. The Hall–Kier alpha value is -1.68. The summed E-state index contributed by atoms with van der Waals surface area (Å²) in [7, 11) is 0. The van der Waals surface area contributed by atoms with Crippen LogP contribution in [0.1, 0.15) is 12.8 Å². The van der Waals surface area contributed by atoms with Crippen LogP contribution in [0.2, 0.25) is 5.02 Å². The number of nitrogens with two attached hydrogens (primary N) is 1. The van der Waals surface area contributed by atoms with Crippen LogP contribution in [0.3, 0.4) is 0 Å². The molecule has 1 aliphatic rings. The summed E-state index contributed by atoms with van der Waals surface area (Å²) >= 11 is 7.70. The number of aromatic nitrogens is 4. The minimum atomic E-state index is 0. The number of anilines is 2. The highest BCUT2D eigenvalue weighted by molar-refractivity contribution is 7.99. The van der Waals surface area contributed by atoms with Gasteiger partial charge in [-0.15, -0.1) is 0 Å². The van der Waals surface area contributed by atoms with E-state index in [0.717, 1.165) is 40.8 Å². The maximum atomic E-state index is 9.60. The maximum absolute atomic E-state index is 9.60. The molecule has 1 fully saturated rings. The zero-order valence-corrected chi connectivity index (χ0v) is 16.4. The number of aliphatic hydroxyl groups is 1. The standard InChI is InChI=1S/C16H17ClN6OS.H2S/c17-13-11(3-4-19-14(13)18)25-12-8-21-16(23-7-5-20-15(12)23)22-6-1-2-10(22)9-24;/h3-5,7-8,10,24H,1-2,6,9H2,(H2,18,19);1H2/t10-;/m0./s1. The summed E-state index contributed by atoms with van der Waals surface area (Å²) < 4.78 is 1.95. The van der Waals surface area contributed by atoms with Gasteiger partial charge in [-0.1, -0.05) is 23.4 Å². The van der Waals surface area contributed by atoms with Crippen LogP contribution in [0.15, 0.2) is 40.6 Å². The van der Waals surface area contributed by atoms with Gasteiger partial charge in [-0.05, 0) is 18.9 Å². The summed E-state index contributed by atoms with van der Waals surface area (Å²) in [6.45, 7) is 1.00. The van der Waals surface area contributed by atoms with Gasteiger partial charge in [0.15, 0.2) is 5.65 Å². The van der Waals surface area contributed by atoms with Crippen molar-refractivity contribution in [3.63, 3.8) is 0 Å². The molecule has 4 rings (SSSR count). The molecule has 0 aromatic carbocycles. The second-order valence-corrected chi connectivity index (χ2v) is 7.29. The summed E-state index contributed by atoms with van der Waals surface area (Å²) in [5.74, 6) is 1.10. The van der Waals surface area contributed by atoms with Gasteiger partial charge in [0, 0.05) is 36.2 Å². The van der Waals surface area contributed by atoms with E-state index in [-0.39, 0.29) is 26.1 Å². The van der Waals surface area contributed by atoms with Gasteiger partial charge in [0.05, 0.1) is 22.6 Å². The Kier molecular flexibility index (Phi) is 5.81. The van der Waals surface area contributed by atoms with Crippen molar-refractivity contribution in [1.29, 1.82) is 0 Å². The van der Waals surface area contributed by atoms with Crippen LogP contribution < -0.4 is 10.6 Å². The van der Waals surface area contributed by atoms with Crippen LogP contribution in [0.25, 0.3) is 5.65 Å². The molecule has 0 radical (unpaired) electrons. The lowest BCUT2D eigenvalue weighted by Crippen LogP contribution is -2.34. The number of imidazole rings is 1. The first-order valence-corrected chi connectivity index (χ1v) is 9.16. The average molecular weight is 411 g/mol. The molecule has 1 aliphatic heterocycles. The summed E-state index contributed by atoms with van der Waals surface area (Å²) in [5, 5.41) is 10.0. The highest BCUT2D eigenvalue weighted by Gasteiger charge is 2.27. The van der Waals surface area contributed by atoms with Crippen molar-refractivity contribution in [2.75, 3.05) is 23.8 Å². The highest BCUT2D eigenvalue weighted by Crippen LogP contribution is 2.37. The molecule has 0 amide bonds. The maximum Gasteiger partial charge on any atom is 0.211 e. The minimum Gasteiger partial charge on any atom is -0.394 e. The Morgan fingerprint density at radius 3 is 2.92 bits per heavy atom. The molecule has 0 unspecified atom stereocenters. The van der Waals surface area contributed by atoms with Crippen LogP contribution in [-0.4, -0.2) is 43.7 Å². The number of rotatable bonds is 4. The van der Waals surface area contributed by atoms with E-state index in [9.17, 15) is 5.11 Å². The Morgan fingerprint density at radius 2 is 2.12 bits per heavy atom. The first-order chi connectivity index (χ1) is 12.2. The number of hydrogen-bond donors (Lipinski definition) is 2. The fourth-order valence-electron chi connectivity index (χ4n) is 3.10. The van der Waals surface area contributed by atoms with Crippen molar-refractivity contribution in [2.24, 2.45) is 0 Å². The molecule has 7 nitrogen and oxygen atoms in total. The lowest BCUT2D eigenvalue weighted by molar-refractivity contribution is 0.265. The molecular weight excluding hydrogens is 392 g/mol. The smallest absolute Gasteiger partial charge is 0.211 e. The third-order valence-corrected chi connectivity index (χ3v) is 5.90. The summed E-state index contributed by atoms with van der Waals surface area (Å²) in [6, 6.07) is 1.92. The summed E-state index contributed by atoms with van der Waals surface area (Å²) in [4.78, 5) is 16.9. The fourth-order valence-corrected chi connectivity index (χ4v) is 4.23. The van der Waals surface area contributed by atoms with Crippen molar-refractivity contribution >= 4 is 54.3 Å². The van der Waals surface area contributed by atoms with Crippen LogP contribution in [0.4, 0.5) is 11.8 Å². The van der Waals surface area contributed by atoms with E-state index in [0.29, 0.717) is 10.8 Å². The van der Waals surface area contributed by atoms with Crippen molar-refractivity contribution in [2.45, 2.75) is 28.7 Å². The predicted octanol–water partition coefficient (Wildman–Crippen LogP) is 2.59. The van der Waals surface area contributed by atoms with Gasteiger partial charge in [-0.3, -0.25) is 4.40 Å². The first-order valence-electron chi connectivity index (χ1n) is 7.96. The van der Waals surface area contributed by atoms with Gasteiger partial charge in [0.1, 0.15) is 5.82 Å². The molecule has 138 valence electrons. The van der Waals surface area contributed by atoms with Gasteiger partial charge < -0.3 is 15.7 Å². The number of hydrogen-bond acceptors (Lipinski definition) is 7. The molecule has 1 atom stereocenters. The molecule has 0 saturated carbocycles. The number of nitrogens with zero attached hydrogens (tertiary/aromatic N) is 5. The molecule has 3 aromatic heterocycles. The highest BCUT2D eigenvalue weighted by atomic mass is 35.5. The van der Waals surface area contributed by atoms with Crippen molar-refractivity contribution in [3.8, 4) is 0 Å². The third kappa shape index (κ3) is 3.32. The van der Waals surface area contributed by atoms with Crippen LogP contribution >= 0.6 is 36.9 Å². The predicted molar refractivity (Wildman–Crippen MR) is 109 cm³/mol. The fraction of sp³-hybridized carbons (Fsp3) is 0.312. The number of fused-ring (bicyclic) bond motifs is 1. The van der Waals surface area contributed by atoms with E-state index in [1.165, 1.54) is 11.8 Å². The Morgan fingerprint density at radius 1 is 1.27 bits per heavy atom. The van der Waals surface area contributed by atoms with Gasteiger partial charge in [0.2, 0.25) is 5.95 Å². The Bertz CT molecular complexity index is 921. The van der Waals surface area contributed by atoms with Crippen LogP contribution in [0, 0.1) is 0 Å². The topological polar surface area (TPSA) is 92.6 Å². The SMILES string of the molecule is Nc1nccc(Sc2cnc(N3CCC[C@H]3CO)n3ccnc23)c1Cl.S. The quantitative estimate of drug-likeness (QED) is 0.682. The molecule has 3 aromatic rings. The zero-order valence-electron chi connectivity index (χ0n) is 13.8. The molecule has 10 heteroatoms. The van der Waals surface area contributed by atoms with Crippen LogP contribution in [-0.2, 0) is 0 Å². The van der Waals surface area contributed by atoms with Crippen molar-refractivity contribution < 1.29 is 5.11 Å². The zero-order chi connectivity index (χ0) is 17.4. The molecule has 0 bridgehead atoms. The molecular formula is C16H19ClN6OS2. The Balaban J connectivity index is 0.00000196. The number of aliphatic hydroxyl groups excluding tert-OH is 1. The largest absolute Gasteiger partial charge is 0.394 e. The monoisotopic (exact) mass is 410 g/mol. The number of halogens is 1. The first kappa shape index (κ1) is 19.1. The average Bonchev–Trinajstić information content (AvgIpc) is 3.28. The second-order valence-electron chi connectivity index (χ2n) is 5.83. The van der Waals surface area contributed by atoms with Crippen molar-refractivity contribution in [3.05, 3.63) is 35.9 Å². The van der Waals surface area contributed by atoms with E-state index in [4.69, 9.17) is 17.3 Å². The summed E-state index contributed by atoms with van der Waals surface area (Å²) in [6.07, 6.45) is 9.07. The van der Waals surface area contributed by atoms with E-state index < -0.39 is 0 Å². The van der Waals surface area contributed by atoms with Gasteiger partial charge in [0.25, 0.3) is 0 Å². The molecule has 0 aliphatic carbocycles. The van der Waals surface area contributed by atoms with Crippen molar-refractivity contribution in [1.82, 2.24) is 19.4 Å². The number of pyridine rings is 1. The Labute approximate surface area is 167 Å². The second kappa shape index (κ2) is 7.91. The molecule has 0 spiro atoms. The summed E-state index contributed by atoms with van der Waals surface area (Å²) in [5.41, 5.74) is 6.58. The van der Waals surface area contributed by atoms with Crippen LogP contribution in [0.5, 0.6) is 0 Å². The third-order valence-electron chi connectivity index (χ3n) is 4.32. The minimum absolute atomic E-state index is 0. The van der Waals surface area contributed by atoms with Gasteiger partial charge in [-0.25, -0.2) is 15.0 Å². The molecule has 26 heavy (non-hydrogen) atoms. The lowest BCUT2D eigenvalue weighted by Gasteiger charge is -2.25. The van der Waals surface area contributed by atoms with Gasteiger partial charge in [-0.2, -0.15) is 13.5 Å². The molecule has 3 N–H and O–H groups in total. The lowest BCUT2D eigenvalue weighted by atomic mass is 10.2. The van der Waals surface area contributed by atoms with E-state index in [1.54, 1.807) is 18.6 Å². The van der Waals surface area contributed by atoms with E-state index in [1.807, 2.05) is 16.7 Å². The van der Waals surface area contributed by atoms with E-state index >= 15 is 0 Å².